The van der Waals surface area contributed by atoms with Gasteiger partial charge in [0.25, 0.3) is 0 Å². The molecule has 0 aliphatic rings. The van der Waals surface area contributed by atoms with E-state index in [0.717, 1.165) is 10.9 Å². The molecule has 4 aromatic carbocycles. The molecule has 1 nitrogen and oxygen atoms in total. The second-order valence-electron chi connectivity index (χ2n) is 6.02. The third-order valence-corrected chi connectivity index (χ3v) is 5.09. The van der Waals surface area contributed by atoms with E-state index in [1.54, 1.807) is 0 Å². The Hall–Kier alpha value is -2.06. The molecule has 0 saturated heterocycles. The first kappa shape index (κ1) is 13.6. The van der Waals surface area contributed by atoms with E-state index in [1.165, 1.54) is 26.9 Å². The molecule has 0 amide bonds. The van der Waals surface area contributed by atoms with Gasteiger partial charge in [-0.25, -0.2) is 0 Å². The lowest BCUT2D eigenvalue weighted by atomic mass is 9.91. The van der Waals surface area contributed by atoms with Gasteiger partial charge < -0.3 is 0 Å². The van der Waals surface area contributed by atoms with Crippen LogP contribution in [0.4, 0.5) is 0 Å². The molecule has 0 heterocycles. The average Bonchev–Trinajstić information content (AvgIpc) is 2.51. The molecule has 108 valence electrons. The molecule has 0 bridgehead atoms. The van der Waals surface area contributed by atoms with Crippen molar-refractivity contribution in [2.24, 2.45) is 0 Å². The molecule has 4 aromatic rings. The summed E-state index contributed by atoms with van der Waals surface area (Å²) in [6.45, 7) is 0. The van der Waals surface area contributed by atoms with Gasteiger partial charge in [0, 0.05) is 5.56 Å². The predicted molar refractivity (Wildman–Crippen MR) is 98.6 cm³/mol. The third-order valence-electron chi connectivity index (χ3n) is 4.25. The summed E-state index contributed by atoms with van der Waals surface area (Å²) in [7, 11) is 0.125. The first-order valence-corrected chi connectivity index (χ1v) is 9.60. The van der Waals surface area contributed by atoms with Crippen molar-refractivity contribution in [2.75, 3.05) is 18.3 Å². The van der Waals surface area contributed by atoms with E-state index < -0.39 is 0 Å². The van der Waals surface area contributed by atoms with Gasteiger partial charge in [-0.15, -0.1) is 0 Å². The van der Waals surface area contributed by atoms with E-state index in [0.29, 0.717) is 5.75 Å². The molecule has 0 radical (unpaired) electrons. The first-order chi connectivity index (χ1) is 10.6. The number of hydrogen-bond donors (Lipinski definition) is 0. The Bertz CT molecular complexity index is 985. The molecule has 0 spiro atoms. The van der Waals surface area contributed by atoms with Crippen LogP contribution in [-0.4, -0.2) is 24.0 Å². The highest BCUT2D eigenvalue weighted by Crippen LogP contribution is 2.35. The normalized spacial score (nSPS) is 12.0. The summed E-state index contributed by atoms with van der Waals surface area (Å²) in [4.78, 5) is 12.6. The minimum Gasteiger partial charge on any atom is -0.289 e. The topological polar surface area (TPSA) is 17.1 Å². The van der Waals surface area contributed by atoms with Crippen molar-refractivity contribution < 1.29 is 4.79 Å². The SMILES string of the molecule is C[S+](C)CC(=O)c1ccc2ccc3cccc4ccc1c2c34. The van der Waals surface area contributed by atoms with Crippen LogP contribution in [0.25, 0.3) is 32.3 Å². The zero-order valence-corrected chi connectivity index (χ0v) is 13.5. The second kappa shape index (κ2) is 4.99. The highest BCUT2D eigenvalue weighted by atomic mass is 32.2. The summed E-state index contributed by atoms with van der Waals surface area (Å²) in [5.41, 5.74) is 0.868. The van der Waals surface area contributed by atoms with Gasteiger partial charge in [-0.1, -0.05) is 48.5 Å². The van der Waals surface area contributed by atoms with Crippen LogP contribution in [-0.2, 0) is 10.9 Å². The van der Waals surface area contributed by atoms with E-state index in [2.05, 4.69) is 61.0 Å². The lowest BCUT2D eigenvalue weighted by molar-refractivity contribution is 0.102. The number of Topliss-reactive ketones (excluding diaryl/α,β-unsaturated/α-hetero) is 1. The Labute approximate surface area is 132 Å². The Balaban J connectivity index is 2.10. The highest BCUT2D eigenvalue weighted by Gasteiger charge is 2.18. The molecule has 0 atom stereocenters. The maximum absolute atomic E-state index is 12.6. The van der Waals surface area contributed by atoms with Crippen LogP contribution in [0.2, 0.25) is 0 Å². The van der Waals surface area contributed by atoms with Crippen molar-refractivity contribution in [3.05, 3.63) is 60.2 Å². The van der Waals surface area contributed by atoms with Crippen molar-refractivity contribution in [3.63, 3.8) is 0 Å². The number of hydrogen-bond acceptors (Lipinski definition) is 1. The second-order valence-corrected chi connectivity index (χ2v) is 8.28. The zero-order chi connectivity index (χ0) is 15.3. The van der Waals surface area contributed by atoms with Gasteiger partial charge in [-0.3, -0.25) is 4.79 Å². The largest absolute Gasteiger partial charge is 0.289 e. The quantitative estimate of drug-likeness (QED) is 0.306. The fourth-order valence-corrected chi connectivity index (χ4v) is 4.00. The number of carbonyl (C=O) groups is 1. The van der Waals surface area contributed by atoms with Gasteiger partial charge in [0.05, 0.1) is 12.5 Å². The lowest BCUT2D eigenvalue weighted by Gasteiger charge is -2.13. The van der Waals surface area contributed by atoms with Crippen LogP contribution in [0.5, 0.6) is 0 Å². The third kappa shape index (κ3) is 1.98. The minimum atomic E-state index is 0.125. The molecular weight excluding hydrogens is 288 g/mol. The summed E-state index contributed by atoms with van der Waals surface area (Å²) >= 11 is 0. The molecule has 4 rings (SSSR count). The number of ketones is 1. The van der Waals surface area contributed by atoms with Crippen LogP contribution in [0, 0.1) is 0 Å². The molecular formula is C20H17OS+. The van der Waals surface area contributed by atoms with E-state index in [1.807, 2.05) is 6.07 Å². The molecule has 0 saturated carbocycles. The number of benzene rings is 4. The van der Waals surface area contributed by atoms with Crippen LogP contribution < -0.4 is 0 Å². The van der Waals surface area contributed by atoms with E-state index in [9.17, 15) is 4.79 Å². The Morgan fingerprint density at radius 1 is 0.818 bits per heavy atom. The highest BCUT2D eigenvalue weighted by molar-refractivity contribution is 7.96. The van der Waals surface area contributed by atoms with Gasteiger partial charge in [0.1, 0.15) is 0 Å². The van der Waals surface area contributed by atoms with Gasteiger partial charge in [0.2, 0.25) is 5.78 Å². The van der Waals surface area contributed by atoms with Crippen molar-refractivity contribution in [1.82, 2.24) is 0 Å². The van der Waals surface area contributed by atoms with Crippen LogP contribution in [0.15, 0.2) is 54.6 Å². The lowest BCUT2D eigenvalue weighted by Crippen LogP contribution is -2.14. The Kier molecular flexibility index (Phi) is 3.08. The molecule has 0 aliphatic carbocycles. The van der Waals surface area contributed by atoms with Crippen LogP contribution in [0.1, 0.15) is 10.4 Å². The van der Waals surface area contributed by atoms with Gasteiger partial charge in [-0.2, -0.15) is 0 Å². The fraction of sp³-hybridized carbons (Fsp3) is 0.150. The molecule has 2 heteroatoms. The van der Waals surface area contributed by atoms with Crippen molar-refractivity contribution in [1.29, 1.82) is 0 Å². The zero-order valence-electron chi connectivity index (χ0n) is 12.7. The summed E-state index contributed by atoms with van der Waals surface area (Å²) in [6.07, 6.45) is 4.24. The molecule has 22 heavy (non-hydrogen) atoms. The van der Waals surface area contributed by atoms with Crippen molar-refractivity contribution in [3.8, 4) is 0 Å². The predicted octanol–water partition coefficient (Wildman–Crippen LogP) is 4.64. The van der Waals surface area contributed by atoms with Crippen LogP contribution in [0.3, 0.4) is 0 Å². The standard InChI is InChI=1S/C20H17OS/c1-22(2)12-18(21)16-10-8-15-7-6-13-4-3-5-14-9-11-17(16)20(15)19(13)14/h3-11H,12H2,1-2H3/q+1. The van der Waals surface area contributed by atoms with Gasteiger partial charge >= 0.3 is 0 Å². The summed E-state index contributed by atoms with van der Waals surface area (Å²) < 4.78 is 0. The van der Waals surface area contributed by atoms with Gasteiger partial charge in [-0.05, 0) is 49.3 Å². The molecule has 0 aliphatic heterocycles. The summed E-state index contributed by atoms with van der Waals surface area (Å²) in [6, 6.07) is 19.0. The Morgan fingerprint density at radius 2 is 1.41 bits per heavy atom. The molecule has 0 aromatic heterocycles. The van der Waals surface area contributed by atoms with Crippen molar-refractivity contribution in [2.45, 2.75) is 0 Å². The van der Waals surface area contributed by atoms with E-state index in [4.69, 9.17) is 0 Å². The Morgan fingerprint density at radius 3 is 2.09 bits per heavy atom. The molecule has 0 fully saturated rings. The molecule has 0 unspecified atom stereocenters. The maximum atomic E-state index is 12.6. The molecule has 0 N–H and O–H groups in total. The maximum Gasteiger partial charge on any atom is 0.212 e. The fourth-order valence-electron chi connectivity index (χ4n) is 3.32. The average molecular weight is 305 g/mol. The van der Waals surface area contributed by atoms with E-state index >= 15 is 0 Å². The smallest absolute Gasteiger partial charge is 0.212 e. The number of carbonyl (C=O) groups excluding carboxylic acids is 1. The van der Waals surface area contributed by atoms with Crippen LogP contribution >= 0.6 is 0 Å². The van der Waals surface area contributed by atoms with Crippen molar-refractivity contribution >= 4 is 49.0 Å². The summed E-state index contributed by atoms with van der Waals surface area (Å²) in [5, 5.41) is 7.30. The number of rotatable bonds is 3. The monoisotopic (exact) mass is 305 g/mol. The van der Waals surface area contributed by atoms with Gasteiger partial charge in [0.15, 0.2) is 5.75 Å². The van der Waals surface area contributed by atoms with E-state index in [-0.39, 0.29) is 16.7 Å². The first-order valence-electron chi connectivity index (χ1n) is 7.39. The summed E-state index contributed by atoms with van der Waals surface area (Å²) in [5.74, 6) is 0.885. The minimum absolute atomic E-state index is 0.125.